The average Bonchev–Trinajstić information content (AvgIpc) is 1.88. The fraction of sp³-hybridized carbons (Fsp3) is 0.375. The average molecular weight is 138 g/mol. The second-order valence-corrected chi connectivity index (χ2v) is 2.26. The molecule has 1 aliphatic carbocycles. The molecule has 54 valence electrons. The summed E-state index contributed by atoms with van der Waals surface area (Å²) in [5.41, 5.74) is 1.05. The molecule has 0 N–H and O–H groups in total. The summed E-state index contributed by atoms with van der Waals surface area (Å²) in [5.74, 6) is 0.162. The number of ketones is 1. The first kappa shape index (κ1) is 7.22. The number of carbonyl (C=O) groups is 1. The van der Waals surface area contributed by atoms with Crippen LogP contribution in [0.1, 0.15) is 6.42 Å². The lowest BCUT2D eigenvalue weighted by Crippen LogP contribution is -2.03. The van der Waals surface area contributed by atoms with Crippen molar-refractivity contribution in [2.45, 2.75) is 6.42 Å². The molecule has 2 heteroatoms. The Hall–Kier alpha value is -0.890. The highest BCUT2D eigenvalue weighted by atomic mass is 16.5. The minimum absolute atomic E-state index is 0.162. The van der Waals surface area contributed by atoms with Gasteiger partial charge in [-0.1, -0.05) is 12.2 Å². The van der Waals surface area contributed by atoms with Crippen LogP contribution in [0.15, 0.2) is 23.8 Å². The number of methoxy groups -OCH3 is 1. The molecule has 0 spiro atoms. The summed E-state index contributed by atoms with van der Waals surface area (Å²) in [6.07, 6.45) is 5.79. The van der Waals surface area contributed by atoms with Crippen molar-refractivity contribution in [3.63, 3.8) is 0 Å². The summed E-state index contributed by atoms with van der Waals surface area (Å²) >= 11 is 0. The van der Waals surface area contributed by atoms with E-state index in [0.717, 1.165) is 5.57 Å². The van der Waals surface area contributed by atoms with E-state index in [2.05, 4.69) is 0 Å². The Morgan fingerprint density at radius 2 is 2.50 bits per heavy atom. The van der Waals surface area contributed by atoms with E-state index in [0.29, 0.717) is 13.0 Å². The smallest absolute Gasteiger partial charge is 0.159 e. The van der Waals surface area contributed by atoms with Crippen molar-refractivity contribution in [1.29, 1.82) is 0 Å². The third-order valence-electron chi connectivity index (χ3n) is 1.35. The van der Waals surface area contributed by atoms with Gasteiger partial charge in [-0.15, -0.1) is 0 Å². The Kier molecular flexibility index (Phi) is 2.40. The predicted molar refractivity (Wildman–Crippen MR) is 38.7 cm³/mol. The minimum Gasteiger partial charge on any atom is -0.380 e. The molecule has 1 rings (SSSR count). The van der Waals surface area contributed by atoms with Crippen LogP contribution in [0, 0.1) is 0 Å². The second kappa shape index (κ2) is 3.32. The number of rotatable bonds is 2. The van der Waals surface area contributed by atoms with Crippen LogP contribution >= 0.6 is 0 Å². The zero-order valence-corrected chi connectivity index (χ0v) is 5.96. The first-order chi connectivity index (χ1) is 4.83. The molecular formula is C8H10O2. The number of hydrogen-bond acceptors (Lipinski definition) is 2. The highest BCUT2D eigenvalue weighted by Crippen LogP contribution is 2.08. The second-order valence-electron chi connectivity index (χ2n) is 2.26. The monoisotopic (exact) mass is 138 g/mol. The van der Waals surface area contributed by atoms with Gasteiger partial charge in [0.2, 0.25) is 0 Å². The van der Waals surface area contributed by atoms with E-state index < -0.39 is 0 Å². The maximum Gasteiger partial charge on any atom is 0.159 e. The molecule has 10 heavy (non-hydrogen) atoms. The quantitative estimate of drug-likeness (QED) is 0.571. The van der Waals surface area contributed by atoms with Crippen molar-refractivity contribution < 1.29 is 9.53 Å². The molecule has 0 saturated carbocycles. The molecule has 0 amide bonds. The SMILES string of the molecule is COCC1=CC=CC(=O)C1. The van der Waals surface area contributed by atoms with Crippen LogP contribution in [0.5, 0.6) is 0 Å². The third-order valence-corrected chi connectivity index (χ3v) is 1.35. The fourth-order valence-electron chi connectivity index (χ4n) is 0.918. The first-order valence-electron chi connectivity index (χ1n) is 3.21. The fourth-order valence-corrected chi connectivity index (χ4v) is 0.918. The summed E-state index contributed by atoms with van der Waals surface area (Å²) in [5, 5.41) is 0. The van der Waals surface area contributed by atoms with E-state index in [9.17, 15) is 4.79 Å². The zero-order valence-electron chi connectivity index (χ0n) is 5.96. The normalized spacial score (nSPS) is 17.3. The van der Waals surface area contributed by atoms with Gasteiger partial charge in [0, 0.05) is 13.5 Å². The van der Waals surface area contributed by atoms with Gasteiger partial charge < -0.3 is 4.74 Å². The van der Waals surface area contributed by atoms with Crippen LogP contribution in [0.4, 0.5) is 0 Å². The van der Waals surface area contributed by atoms with Crippen molar-refractivity contribution in [1.82, 2.24) is 0 Å². The van der Waals surface area contributed by atoms with Crippen LogP contribution in [-0.4, -0.2) is 19.5 Å². The standard InChI is InChI=1S/C8H10O2/c1-10-6-7-3-2-4-8(9)5-7/h2-4H,5-6H2,1H3. The van der Waals surface area contributed by atoms with E-state index in [-0.39, 0.29) is 5.78 Å². The lowest BCUT2D eigenvalue weighted by Gasteiger charge is -2.05. The maximum absolute atomic E-state index is 10.8. The highest BCUT2D eigenvalue weighted by Gasteiger charge is 2.04. The van der Waals surface area contributed by atoms with E-state index in [1.807, 2.05) is 6.08 Å². The Balaban J connectivity index is 2.53. The molecule has 0 saturated heterocycles. The molecule has 0 aromatic heterocycles. The maximum atomic E-state index is 10.8. The lowest BCUT2D eigenvalue weighted by atomic mass is 10.1. The van der Waals surface area contributed by atoms with Crippen LogP contribution in [-0.2, 0) is 9.53 Å². The van der Waals surface area contributed by atoms with Gasteiger partial charge in [0.05, 0.1) is 6.61 Å². The van der Waals surface area contributed by atoms with Crippen molar-refractivity contribution >= 4 is 5.78 Å². The Morgan fingerprint density at radius 1 is 1.70 bits per heavy atom. The first-order valence-corrected chi connectivity index (χ1v) is 3.21. The van der Waals surface area contributed by atoms with Gasteiger partial charge in [-0.25, -0.2) is 0 Å². The Morgan fingerprint density at radius 3 is 3.10 bits per heavy atom. The van der Waals surface area contributed by atoms with Crippen molar-refractivity contribution in [2.75, 3.05) is 13.7 Å². The summed E-state index contributed by atoms with van der Waals surface area (Å²) in [7, 11) is 1.63. The van der Waals surface area contributed by atoms with Crippen LogP contribution in [0.3, 0.4) is 0 Å². The van der Waals surface area contributed by atoms with Gasteiger partial charge in [0.15, 0.2) is 5.78 Å². The van der Waals surface area contributed by atoms with Crippen LogP contribution in [0.25, 0.3) is 0 Å². The molecule has 0 radical (unpaired) electrons. The minimum atomic E-state index is 0.162. The molecule has 2 nitrogen and oxygen atoms in total. The largest absolute Gasteiger partial charge is 0.380 e. The van der Waals surface area contributed by atoms with Crippen LogP contribution in [0.2, 0.25) is 0 Å². The number of carbonyl (C=O) groups excluding carboxylic acids is 1. The Labute approximate surface area is 60.2 Å². The molecule has 1 aliphatic rings. The zero-order chi connectivity index (χ0) is 7.40. The molecule has 0 bridgehead atoms. The van der Waals surface area contributed by atoms with Crippen molar-refractivity contribution in [2.24, 2.45) is 0 Å². The topological polar surface area (TPSA) is 26.3 Å². The van der Waals surface area contributed by atoms with Gasteiger partial charge >= 0.3 is 0 Å². The predicted octanol–water partition coefficient (Wildman–Crippen LogP) is 1.09. The van der Waals surface area contributed by atoms with Crippen LogP contribution < -0.4 is 0 Å². The van der Waals surface area contributed by atoms with Crippen molar-refractivity contribution in [3.05, 3.63) is 23.8 Å². The number of hydrogen-bond donors (Lipinski definition) is 0. The van der Waals surface area contributed by atoms with Crippen molar-refractivity contribution in [3.8, 4) is 0 Å². The van der Waals surface area contributed by atoms with E-state index in [4.69, 9.17) is 4.74 Å². The van der Waals surface area contributed by atoms with E-state index >= 15 is 0 Å². The van der Waals surface area contributed by atoms with Gasteiger partial charge in [0.25, 0.3) is 0 Å². The summed E-state index contributed by atoms with van der Waals surface area (Å²) in [4.78, 5) is 10.8. The molecule has 0 atom stereocenters. The van der Waals surface area contributed by atoms with E-state index in [1.54, 1.807) is 19.3 Å². The summed E-state index contributed by atoms with van der Waals surface area (Å²) < 4.78 is 4.88. The van der Waals surface area contributed by atoms with Gasteiger partial charge in [-0.2, -0.15) is 0 Å². The molecule has 0 unspecified atom stereocenters. The van der Waals surface area contributed by atoms with Gasteiger partial charge in [-0.3, -0.25) is 4.79 Å². The lowest BCUT2D eigenvalue weighted by molar-refractivity contribution is -0.114. The summed E-state index contributed by atoms with van der Waals surface area (Å²) in [6, 6.07) is 0. The molecular weight excluding hydrogens is 128 g/mol. The van der Waals surface area contributed by atoms with Gasteiger partial charge in [0.1, 0.15) is 0 Å². The Bertz CT molecular complexity index is 189. The third kappa shape index (κ3) is 1.81. The summed E-state index contributed by atoms with van der Waals surface area (Å²) in [6.45, 7) is 0.566. The highest BCUT2D eigenvalue weighted by molar-refractivity contribution is 5.93. The van der Waals surface area contributed by atoms with Gasteiger partial charge in [-0.05, 0) is 11.6 Å². The molecule has 0 aromatic rings. The number of ether oxygens (including phenoxy) is 1. The number of allylic oxidation sites excluding steroid dienone is 3. The molecule has 0 heterocycles. The van der Waals surface area contributed by atoms with E-state index in [1.165, 1.54) is 0 Å². The molecule has 0 aliphatic heterocycles. The molecule has 0 fully saturated rings. The molecule has 0 aromatic carbocycles.